The summed E-state index contributed by atoms with van der Waals surface area (Å²) in [6.45, 7) is 8.20. The summed E-state index contributed by atoms with van der Waals surface area (Å²) in [6.07, 6.45) is 0.262. The first-order valence-corrected chi connectivity index (χ1v) is 6.39. The van der Waals surface area contributed by atoms with Crippen LogP contribution in [0.2, 0.25) is 0 Å². The summed E-state index contributed by atoms with van der Waals surface area (Å²) in [5.74, 6) is 0.809. The van der Waals surface area contributed by atoms with Crippen LogP contribution in [0.5, 0.6) is 5.75 Å². The summed E-state index contributed by atoms with van der Waals surface area (Å²) in [7, 11) is 2.02. The van der Waals surface area contributed by atoms with Gasteiger partial charge in [0.05, 0.1) is 19.3 Å². The number of rotatable bonds is 7. The standard InChI is InChI=1S/C14H24N2O2/c1-5-17-14-9-12(15)8-13(10-14)16(4)6-7-18-11(2)3/h8-11H,5-7,15H2,1-4H3. The molecule has 102 valence electrons. The average molecular weight is 252 g/mol. The van der Waals surface area contributed by atoms with Gasteiger partial charge in [0, 0.05) is 37.1 Å². The predicted octanol–water partition coefficient (Wildman–Crippen LogP) is 2.53. The summed E-state index contributed by atoms with van der Waals surface area (Å²) in [5.41, 5.74) is 7.63. The molecule has 1 aromatic carbocycles. The molecule has 1 aromatic rings. The van der Waals surface area contributed by atoms with E-state index in [9.17, 15) is 0 Å². The molecular formula is C14H24N2O2. The Morgan fingerprint density at radius 1 is 1.28 bits per heavy atom. The first-order chi connectivity index (χ1) is 8.52. The highest BCUT2D eigenvalue weighted by atomic mass is 16.5. The molecule has 0 bridgehead atoms. The molecule has 2 N–H and O–H groups in total. The smallest absolute Gasteiger partial charge is 0.123 e. The van der Waals surface area contributed by atoms with Crippen LogP contribution in [0.15, 0.2) is 18.2 Å². The molecule has 0 atom stereocenters. The lowest BCUT2D eigenvalue weighted by molar-refractivity contribution is 0.0846. The number of benzene rings is 1. The third kappa shape index (κ3) is 4.84. The summed E-state index contributed by atoms with van der Waals surface area (Å²) < 4.78 is 11.0. The van der Waals surface area contributed by atoms with E-state index in [-0.39, 0.29) is 6.10 Å². The number of anilines is 2. The summed E-state index contributed by atoms with van der Waals surface area (Å²) in [4.78, 5) is 2.11. The van der Waals surface area contributed by atoms with Gasteiger partial charge < -0.3 is 20.1 Å². The Bertz CT molecular complexity index is 367. The zero-order chi connectivity index (χ0) is 13.5. The molecule has 0 saturated heterocycles. The molecule has 0 fully saturated rings. The topological polar surface area (TPSA) is 47.7 Å². The van der Waals surface area contributed by atoms with Crippen molar-refractivity contribution in [3.63, 3.8) is 0 Å². The van der Waals surface area contributed by atoms with E-state index in [1.807, 2.05) is 46.0 Å². The second kappa shape index (κ2) is 7.11. The molecule has 4 heteroatoms. The molecule has 0 aromatic heterocycles. The highest BCUT2D eigenvalue weighted by Crippen LogP contribution is 2.24. The van der Waals surface area contributed by atoms with E-state index >= 15 is 0 Å². The number of ether oxygens (including phenoxy) is 2. The molecule has 0 amide bonds. The van der Waals surface area contributed by atoms with Crippen molar-refractivity contribution in [1.29, 1.82) is 0 Å². The lowest BCUT2D eigenvalue weighted by atomic mass is 10.2. The van der Waals surface area contributed by atoms with Crippen LogP contribution in [0.4, 0.5) is 11.4 Å². The largest absolute Gasteiger partial charge is 0.494 e. The Labute approximate surface area is 110 Å². The van der Waals surface area contributed by atoms with E-state index < -0.39 is 0 Å². The molecule has 0 aliphatic rings. The zero-order valence-corrected chi connectivity index (χ0v) is 11.8. The van der Waals surface area contributed by atoms with Crippen molar-refractivity contribution in [2.45, 2.75) is 26.9 Å². The van der Waals surface area contributed by atoms with Crippen LogP contribution < -0.4 is 15.4 Å². The lowest BCUT2D eigenvalue weighted by Gasteiger charge is -2.21. The molecular weight excluding hydrogens is 228 g/mol. The van der Waals surface area contributed by atoms with Gasteiger partial charge in [-0.1, -0.05) is 0 Å². The quantitative estimate of drug-likeness (QED) is 0.758. The predicted molar refractivity (Wildman–Crippen MR) is 76.4 cm³/mol. The second-order valence-corrected chi connectivity index (χ2v) is 4.53. The van der Waals surface area contributed by atoms with Gasteiger partial charge in [-0.3, -0.25) is 0 Å². The highest BCUT2D eigenvalue weighted by Gasteiger charge is 2.05. The van der Waals surface area contributed by atoms with Crippen LogP contribution in [0, 0.1) is 0 Å². The van der Waals surface area contributed by atoms with Gasteiger partial charge in [-0.15, -0.1) is 0 Å². The molecule has 1 rings (SSSR count). The van der Waals surface area contributed by atoms with E-state index in [0.29, 0.717) is 18.9 Å². The van der Waals surface area contributed by atoms with Gasteiger partial charge in [-0.2, -0.15) is 0 Å². The zero-order valence-electron chi connectivity index (χ0n) is 11.8. The number of hydrogen-bond donors (Lipinski definition) is 1. The van der Waals surface area contributed by atoms with E-state index in [1.54, 1.807) is 0 Å². The fourth-order valence-electron chi connectivity index (χ4n) is 1.63. The van der Waals surface area contributed by atoms with Crippen molar-refractivity contribution in [1.82, 2.24) is 0 Å². The van der Waals surface area contributed by atoms with Crippen LogP contribution in [-0.4, -0.2) is 32.9 Å². The Morgan fingerprint density at radius 3 is 2.61 bits per heavy atom. The van der Waals surface area contributed by atoms with Crippen LogP contribution in [0.3, 0.4) is 0 Å². The fraction of sp³-hybridized carbons (Fsp3) is 0.571. The van der Waals surface area contributed by atoms with Crippen molar-refractivity contribution in [3.05, 3.63) is 18.2 Å². The van der Waals surface area contributed by atoms with E-state index in [0.717, 1.165) is 18.0 Å². The number of nitrogens with zero attached hydrogens (tertiary/aromatic N) is 1. The molecule has 0 heterocycles. The van der Waals surface area contributed by atoms with Crippen LogP contribution in [0.1, 0.15) is 20.8 Å². The van der Waals surface area contributed by atoms with Crippen LogP contribution in [0.25, 0.3) is 0 Å². The van der Waals surface area contributed by atoms with Crippen molar-refractivity contribution in [3.8, 4) is 5.75 Å². The van der Waals surface area contributed by atoms with Crippen molar-refractivity contribution in [2.24, 2.45) is 0 Å². The van der Waals surface area contributed by atoms with Crippen molar-refractivity contribution in [2.75, 3.05) is 37.4 Å². The minimum absolute atomic E-state index is 0.262. The molecule has 0 aliphatic carbocycles. The van der Waals surface area contributed by atoms with Gasteiger partial charge in [-0.05, 0) is 26.8 Å². The summed E-state index contributed by atoms with van der Waals surface area (Å²) in [6, 6.07) is 5.78. The summed E-state index contributed by atoms with van der Waals surface area (Å²) >= 11 is 0. The fourth-order valence-corrected chi connectivity index (χ4v) is 1.63. The molecule has 0 aliphatic heterocycles. The summed E-state index contributed by atoms with van der Waals surface area (Å²) in [5, 5.41) is 0. The van der Waals surface area contributed by atoms with E-state index in [4.69, 9.17) is 15.2 Å². The number of hydrogen-bond acceptors (Lipinski definition) is 4. The molecule has 18 heavy (non-hydrogen) atoms. The van der Waals surface area contributed by atoms with Gasteiger partial charge in [-0.25, -0.2) is 0 Å². The lowest BCUT2D eigenvalue weighted by Crippen LogP contribution is -2.24. The molecule has 4 nitrogen and oxygen atoms in total. The third-order valence-corrected chi connectivity index (χ3v) is 2.54. The normalized spacial score (nSPS) is 10.7. The maximum Gasteiger partial charge on any atom is 0.123 e. The first-order valence-electron chi connectivity index (χ1n) is 6.39. The molecule has 0 unspecified atom stereocenters. The van der Waals surface area contributed by atoms with Gasteiger partial charge in [0.25, 0.3) is 0 Å². The maximum atomic E-state index is 5.87. The van der Waals surface area contributed by atoms with Gasteiger partial charge >= 0.3 is 0 Å². The molecule has 0 saturated carbocycles. The van der Waals surface area contributed by atoms with Crippen molar-refractivity contribution < 1.29 is 9.47 Å². The van der Waals surface area contributed by atoms with Gasteiger partial charge in [0.15, 0.2) is 0 Å². The number of nitrogen functional groups attached to an aromatic ring is 1. The Kier molecular flexibility index (Phi) is 5.78. The van der Waals surface area contributed by atoms with E-state index in [2.05, 4.69) is 4.90 Å². The number of likely N-dealkylation sites (N-methyl/N-ethyl adjacent to an activating group) is 1. The SMILES string of the molecule is CCOc1cc(N)cc(N(C)CCOC(C)C)c1. The highest BCUT2D eigenvalue weighted by molar-refractivity contribution is 5.60. The Balaban J connectivity index is 2.63. The monoisotopic (exact) mass is 252 g/mol. The average Bonchev–Trinajstić information content (AvgIpc) is 2.28. The van der Waals surface area contributed by atoms with Crippen molar-refractivity contribution >= 4 is 11.4 Å². The van der Waals surface area contributed by atoms with Gasteiger partial charge in [0.2, 0.25) is 0 Å². The van der Waals surface area contributed by atoms with Gasteiger partial charge in [0.1, 0.15) is 5.75 Å². The maximum absolute atomic E-state index is 5.87. The van der Waals surface area contributed by atoms with E-state index in [1.165, 1.54) is 0 Å². The minimum atomic E-state index is 0.262. The Morgan fingerprint density at radius 2 is 2.00 bits per heavy atom. The first kappa shape index (κ1) is 14.6. The number of nitrogens with two attached hydrogens (primary N) is 1. The third-order valence-electron chi connectivity index (χ3n) is 2.54. The minimum Gasteiger partial charge on any atom is -0.494 e. The Hall–Kier alpha value is -1.42. The van der Waals surface area contributed by atoms with Crippen LogP contribution in [-0.2, 0) is 4.74 Å². The molecule has 0 spiro atoms. The second-order valence-electron chi connectivity index (χ2n) is 4.53. The molecule has 0 radical (unpaired) electrons. The van der Waals surface area contributed by atoms with Crippen LogP contribution >= 0.6 is 0 Å².